The molecule has 0 saturated carbocycles. The van der Waals surface area contributed by atoms with Crippen molar-refractivity contribution in [2.24, 2.45) is 7.05 Å². The summed E-state index contributed by atoms with van der Waals surface area (Å²) in [5.41, 5.74) is 1.42. The van der Waals surface area contributed by atoms with E-state index >= 15 is 0 Å². The Morgan fingerprint density at radius 1 is 1.38 bits per heavy atom. The van der Waals surface area contributed by atoms with Gasteiger partial charge in [0.25, 0.3) is 0 Å². The van der Waals surface area contributed by atoms with Gasteiger partial charge in [0.15, 0.2) is 0 Å². The lowest BCUT2D eigenvalue weighted by Gasteiger charge is -2.17. The Morgan fingerprint density at radius 2 is 2.10 bits per heavy atom. The van der Waals surface area contributed by atoms with Crippen LogP contribution in [-0.4, -0.2) is 53.4 Å². The first kappa shape index (κ1) is 17.7. The smallest absolute Gasteiger partial charge is 0.341 e. The fourth-order valence-corrected chi connectivity index (χ4v) is 2.23. The number of nitrogens with zero attached hydrogens (tertiary/aromatic N) is 3. The second-order valence-corrected chi connectivity index (χ2v) is 4.91. The Labute approximate surface area is 127 Å². The highest BCUT2D eigenvalue weighted by Gasteiger charge is 2.16. The molecule has 0 atom stereocenters. The molecular weight excluding hydrogens is 268 g/mol. The second kappa shape index (κ2) is 9.52. The maximum atomic E-state index is 11.8. The number of carbonyl (C=O) groups is 1. The molecule has 1 aromatic rings. The van der Waals surface area contributed by atoms with E-state index in [0.29, 0.717) is 18.7 Å². The van der Waals surface area contributed by atoms with Crippen LogP contribution in [0.5, 0.6) is 0 Å². The van der Waals surface area contributed by atoms with Gasteiger partial charge in [-0.1, -0.05) is 13.8 Å². The van der Waals surface area contributed by atoms with Crippen molar-refractivity contribution in [3.05, 3.63) is 17.5 Å². The predicted octanol–water partition coefficient (Wildman–Crippen LogP) is 1.42. The van der Waals surface area contributed by atoms with Gasteiger partial charge in [0.05, 0.1) is 18.5 Å². The van der Waals surface area contributed by atoms with E-state index in [4.69, 9.17) is 4.74 Å². The van der Waals surface area contributed by atoms with Crippen LogP contribution in [0.2, 0.25) is 0 Å². The number of aryl methyl sites for hydroxylation is 1. The molecule has 0 aliphatic heterocycles. The Bertz CT molecular complexity index is 427. The Balaban J connectivity index is 2.41. The predicted molar refractivity (Wildman–Crippen MR) is 83.3 cm³/mol. The number of carbonyl (C=O) groups excluding carboxylic acids is 1. The van der Waals surface area contributed by atoms with E-state index in [-0.39, 0.29) is 5.97 Å². The maximum Gasteiger partial charge on any atom is 0.341 e. The van der Waals surface area contributed by atoms with Crippen molar-refractivity contribution in [2.75, 3.05) is 32.8 Å². The second-order valence-electron chi connectivity index (χ2n) is 4.91. The molecule has 6 heteroatoms. The first-order chi connectivity index (χ1) is 10.1. The zero-order valence-electron chi connectivity index (χ0n) is 13.7. The lowest BCUT2D eigenvalue weighted by Crippen LogP contribution is -2.27. The molecule has 0 aromatic carbocycles. The van der Waals surface area contributed by atoms with Crippen molar-refractivity contribution in [3.63, 3.8) is 0 Å². The standard InChI is InChI=1S/C15H28N4O2/c1-5-19(6-2)10-8-9-16-12-14-13(11-17-18(14)4)15(20)21-7-3/h11,16H,5-10,12H2,1-4H3. The van der Waals surface area contributed by atoms with Gasteiger partial charge in [0.1, 0.15) is 5.56 Å². The fourth-order valence-electron chi connectivity index (χ4n) is 2.23. The van der Waals surface area contributed by atoms with Gasteiger partial charge in [-0.3, -0.25) is 4.68 Å². The lowest BCUT2D eigenvalue weighted by atomic mass is 10.2. The number of ether oxygens (including phenoxy) is 1. The molecular formula is C15H28N4O2. The molecule has 1 N–H and O–H groups in total. The minimum atomic E-state index is -0.300. The van der Waals surface area contributed by atoms with Crippen LogP contribution >= 0.6 is 0 Å². The van der Waals surface area contributed by atoms with Crippen molar-refractivity contribution in [2.45, 2.75) is 33.7 Å². The molecule has 120 valence electrons. The van der Waals surface area contributed by atoms with Gasteiger partial charge >= 0.3 is 5.97 Å². The van der Waals surface area contributed by atoms with Gasteiger partial charge in [-0.15, -0.1) is 0 Å². The van der Waals surface area contributed by atoms with Crippen molar-refractivity contribution >= 4 is 5.97 Å². The summed E-state index contributed by atoms with van der Waals surface area (Å²) in [5, 5.41) is 7.52. The van der Waals surface area contributed by atoms with Crippen LogP contribution in [0, 0.1) is 0 Å². The van der Waals surface area contributed by atoms with Crippen molar-refractivity contribution in [3.8, 4) is 0 Å². The monoisotopic (exact) mass is 296 g/mol. The number of aromatic nitrogens is 2. The van der Waals surface area contributed by atoms with Gasteiger partial charge < -0.3 is 15.0 Å². The van der Waals surface area contributed by atoms with Crippen LogP contribution < -0.4 is 5.32 Å². The highest BCUT2D eigenvalue weighted by Crippen LogP contribution is 2.09. The van der Waals surface area contributed by atoms with Gasteiger partial charge in [0, 0.05) is 13.6 Å². The van der Waals surface area contributed by atoms with E-state index in [9.17, 15) is 4.79 Å². The number of hydrogen-bond donors (Lipinski definition) is 1. The van der Waals surface area contributed by atoms with E-state index < -0.39 is 0 Å². The summed E-state index contributed by atoms with van der Waals surface area (Å²) >= 11 is 0. The summed E-state index contributed by atoms with van der Waals surface area (Å²) in [6, 6.07) is 0. The topological polar surface area (TPSA) is 59.4 Å². The molecule has 1 heterocycles. The van der Waals surface area contributed by atoms with Crippen LogP contribution in [0.25, 0.3) is 0 Å². The van der Waals surface area contributed by atoms with Crippen LogP contribution in [0.4, 0.5) is 0 Å². The first-order valence-electron chi connectivity index (χ1n) is 7.75. The normalized spacial score (nSPS) is 11.1. The molecule has 0 bridgehead atoms. The summed E-state index contributed by atoms with van der Waals surface area (Å²) in [6.07, 6.45) is 2.67. The summed E-state index contributed by atoms with van der Waals surface area (Å²) in [6.45, 7) is 11.4. The average Bonchev–Trinajstić information content (AvgIpc) is 2.84. The van der Waals surface area contributed by atoms with E-state index in [1.165, 1.54) is 0 Å². The van der Waals surface area contributed by atoms with E-state index in [1.807, 2.05) is 7.05 Å². The van der Waals surface area contributed by atoms with Gasteiger partial charge in [0.2, 0.25) is 0 Å². The van der Waals surface area contributed by atoms with Crippen LogP contribution in [0.3, 0.4) is 0 Å². The summed E-state index contributed by atoms with van der Waals surface area (Å²) in [7, 11) is 1.84. The summed E-state index contributed by atoms with van der Waals surface area (Å²) in [5.74, 6) is -0.300. The molecule has 6 nitrogen and oxygen atoms in total. The minimum Gasteiger partial charge on any atom is -0.462 e. The molecule has 0 fully saturated rings. The van der Waals surface area contributed by atoms with Crippen LogP contribution in [0.15, 0.2) is 6.20 Å². The Hall–Kier alpha value is -1.40. The zero-order valence-corrected chi connectivity index (χ0v) is 13.7. The Morgan fingerprint density at radius 3 is 2.71 bits per heavy atom. The van der Waals surface area contributed by atoms with Gasteiger partial charge in [-0.05, 0) is 39.5 Å². The van der Waals surface area contributed by atoms with E-state index in [1.54, 1.807) is 17.8 Å². The van der Waals surface area contributed by atoms with Gasteiger partial charge in [-0.25, -0.2) is 4.79 Å². The number of esters is 1. The highest BCUT2D eigenvalue weighted by atomic mass is 16.5. The zero-order chi connectivity index (χ0) is 15.7. The third kappa shape index (κ3) is 5.47. The maximum absolute atomic E-state index is 11.8. The van der Waals surface area contributed by atoms with E-state index in [0.717, 1.165) is 38.3 Å². The SMILES string of the molecule is CCOC(=O)c1cnn(C)c1CNCCCN(CC)CC. The molecule has 0 radical (unpaired) electrons. The molecule has 0 saturated heterocycles. The lowest BCUT2D eigenvalue weighted by molar-refractivity contribution is 0.0524. The molecule has 0 unspecified atom stereocenters. The third-order valence-electron chi connectivity index (χ3n) is 3.57. The largest absolute Gasteiger partial charge is 0.462 e. The van der Waals surface area contributed by atoms with Crippen molar-refractivity contribution in [1.29, 1.82) is 0 Å². The first-order valence-corrected chi connectivity index (χ1v) is 7.75. The molecule has 0 aliphatic carbocycles. The van der Waals surface area contributed by atoms with Crippen LogP contribution in [-0.2, 0) is 18.3 Å². The molecule has 0 amide bonds. The fraction of sp³-hybridized carbons (Fsp3) is 0.733. The highest BCUT2D eigenvalue weighted by molar-refractivity contribution is 5.90. The van der Waals surface area contributed by atoms with Gasteiger partial charge in [-0.2, -0.15) is 5.10 Å². The van der Waals surface area contributed by atoms with E-state index in [2.05, 4.69) is 29.2 Å². The molecule has 1 aromatic heterocycles. The molecule has 0 spiro atoms. The number of rotatable bonds is 10. The third-order valence-corrected chi connectivity index (χ3v) is 3.57. The molecule has 0 aliphatic rings. The molecule has 1 rings (SSSR count). The Kier molecular flexibility index (Phi) is 8.00. The number of hydrogen-bond acceptors (Lipinski definition) is 5. The summed E-state index contributed by atoms with van der Waals surface area (Å²) < 4.78 is 6.77. The van der Waals surface area contributed by atoms with Crippen molar-refractivity contribution in [1.82, 2.24) is 20.0 Å². The van der Waals surface area contributed by atoms with Crippen molar-refractivity contribution < 1.29 is 9.53 Å². The molecule has 21 heavy (non-hydrogen) atoms. The minimum absolute atomic E-state index is 0.300. The number of nitrogens with one attached hydrogen (secondary N) is 1. The van der Waals surface area contributed by atoms with Crippen LogP contribution in [0.1, 0.15) is 43.2 Å². The average molecular weight is 296 g/mol. The summed E-state index contributed by atoms with van der Waals surface area (Å²) in [4.78, 5) is 14.2. The quantitative estimate of drug-likeness (QED) is 0.523.